The zero-order valence-corrected chi connectivity index (χ0v) is 17.2. The number of thioether (sulfide) groups is 1. The van der Waals surface area contributed by atoms with Gasteiger partial charge in [-0.25, -0.2) is 9.07 Å². The van der Waals surface area contributed by atoms with Gasteiger partial charge in [0.25, 0.3) is 0 Å². The van der Waals surface area contributed by atoms with Gasteiger partial charge in [-0.3, -0.25) is 4.79 Å². The lowest BCUT2D eigenvalue weighted by Crippen LogP contribution is -2.28. The van der Waals surface area contributed by atoms with Gasteiger partial charge in [0, 0.05) is 19.2 Å². The molecule has 2 N–H and O–H groups in total. The zero-order chi connectivity index (χ0) is 21.0. The van der Waals surface area contributed by atoms with Crippen LogP contribution < -0.4 is 10.6 Å². The lowest BCUT2D eigenvalue weighted by molar-refractivity contribution is -0.127. The largest absolute Gasteiger partial charge is 0.494 e. The Balaban J connectivity index is 1.60. The fourth-order valence-corrected chi connectivity index (χ4v) is 3.48. The predicted octanol–water partition coefficient (Wildman–Crippen LogP) is 2.87. The van der Waals surface area contributed by atoms with E-state index in [1.807, 2.05) is 31.2 Å². The Morgan fingerprint density at radius 3 is 2.62 bits per heavy atom. The Kier molecular flexibility index (Phi) is 6.38. The quantitative estimate of drug-likeness (QED) is 0.472. The van der Waals surface area contributed by atoms with E-state index in [0.717, 1.165) is 11.1 Å². The molecule has 7 nitrogen and oxygen atoms in total. The van der Waals surface area contributed by atoms with E-state index < -0.39 is 5.82 Å². The van der Waals surface area contributed by atoms with Gasteiger partial charge in [-0.15, -0.1) is 10.2 Å². The van der Waals surface area contributed by atoms with Crippen LogP contribution in [0.5, 0.6) is 5.75 Å². The normalized spacial score (nSPS) is 10.8. The van der Waals surface area contributed by atoms with Gasteiger partial charge in [0.1, 0.15) is 0 Å². The van der Waals surface area contributed by atoms with E-state index in [4.69, 9.17) is 10.6 Å². The molecule has 0 saturated carbocycles. The van der Waals surface area contributed by atoms with Crippen molar-refractivity contribution < 1.29 is 13.9 Å². The van der Waals surface area contributed by atoms with Crippen molar-refractivity contribution in [2.75, 3.05) is 25.8 Å². The minimum absolute atomic E-state index is 0.133. The first-order valence-electron chi connectivity index (χ1n) is 8.85. The molecule has 3 aromatic rings. The third-order valence-corrected chi connectivity index (χ3v) is 5.29. The maximum absolute atomic E-state index is 13.8. The minimum atomic E-state index is -0.458. The first-order chi connectivity index (χ1) is 13.9. The number of hydrogen-bond acceptors (Lipinski definition) is 6. The van der Waals surface area contributed by atoms with E-state index in [1.165, 1.54) is 34.5 Å². The number of aryl methyl sites for hydroxylation is 1. The van der Waals surface area contributed by atoms with Crippen LogP contribution in [0.2, 0.25) is 0 Å². The molecular formula is C20H22FN5O2S. The Hall–Kier alpha value is -3.07. The van der Waals surface area contributed by atoms with Gasteiger partial charge in [0.15, 0.2) is 17.4 Å². The number of nitrogens with two attached hydrogens (primary N) is 1. The SMILES string of the molecule is COc1ccc(CN(C)C(=O)CSc2nnc(-c3ccc(C)cc3)n2N)cc1F. The molecule has 1 amide bonds. The van der Waals surface area contributed by atoms with Crippen LogP contribution in [-0.2, 0) is 11.3 Å². The molecule has 29 heavy (non-hydrogen) atoms. The molecule has 0 saturated heterocycles. The number of nitrogens with zero attached hydrogens (tertiary/aromatic N) is 4. The van der Waals surface area contributed by atoms with Crippen LogP contribution in [0.1, 0.15) is 11.1 Å². The average Bonchev–Trinajstić information content (AvgIpc) is 3.07. The van der Waals surface area contributed by atoms with Gasteiger partial charge >= 0.3 is 0 Å². The number of aromatic nitrogens is 3. The highest BCUT2D eigenvalue weighted by atomic mass is 32.2. The third-order valence-electron chi connectivity index (χ3n) is 4.36. The maximum atomic E-state index is 13.8. The fourth-order valence-electron chi connectivity index (χ4n) is 2.68. The Morgan fingerprint density at radius 1 is 1.24 bits per heavy atom. The van der Waals surface area contributed by atoms with E-state index in [1.54, 1.807) is 19.2 Å². The van der Waals surface area contributed by atoms with Gasteiger partial charge in [-0.05, 0) is 24.6 Å². The van der Waals surface area contributed by atoms with Crippen LogP contribution in [0.4, 0.5) is 4.39 Å². The molecule has 0 radical (unpaired) electrons. The van der Waals surface area contributed by atoms with Crippen LogP contribution in [0.3, 0.4) is 0 Å². The van der Waals surface area contributed by atoms with Crippen molar-refractivity contribution in [1.29, 1.82) is 0 Å². The molecule has 0 spiro atoms. The first-order valence-corrected chi connectivity index (χ1v) is 9.84. The molecule has 2 aromatic carbocycles. The third kappa shape index (κ3) is 4.86. The van der Waals surface area contributed by atoms with Crippen LogP contribution >= 0.6 is 11.8 Å². The summed E-state index contributed by atoms with van der Waals surface area (Å²) < 4.78 is 20.1. The van der Waals surface area contributed by atoms with Gasteiger partial charge in [-0.1, -0.05) is 47.7 Å². The average molecular weight is 415 g/mol. The molecule has 1 aromatic heterocycles. The second-order valence-electron chi connectivity index (χ2n) is 6.55. The monoisotopic (exact) mass is 415 g/mol. The van der Waals surface area contributed by atoms with E-state index in [2.05, 4.69) is 10.2 Å². The molecule has 0 aliphatic carbocycles. The van der Waals surface area contributed by atoms with Crippen molar-refractivity contribution in [2.24, 2.45) is 0 Å². The smallest absolute Gasteiger partial charge is 0.233 e. The second-order valence-corrected chi connectivity index (χ2v) is 7.49. The number of nitrogen functional groups attached to an aromatic ring is 1. The molecule has 152 valence electrons. The van der Waals surface area contributed by atoms with E-state index >= 15 is 0 Å². The molecule has 0 unspecified atom stereocenters. The molecule has 0 aliphatic heterocycles. The van der Waals surface area contributed by atoms with Gasteiger partial charge in [0.05, 0.1) is 12.9 Å². The molecule has 9 heteroatoms. The fraction of sp³-hybridized carbons (Fsp3) is 0.250. The summed E-state index contributed by atoms with van der Waals surface area (Å²) in [6, 6.07) is 12.4. The number of halogens is 1. The number of methoxy groups -OCH3 is 1. The van der Waals surface area contributed by atoms with Crippen molar-refractivity contribution in [3.05, 3.63) is 59.4 Å². The summed E-state index contributed by atoms with van der Waals surface area (Å²) in [6.45, 7) is 2.28. The number of benzene rings is 2. The standard InChI is InChI=1S/C20H22FN5O2S/c1-13-4-7-15(8-5-13)19-23-24-20(26(19)22)29-12-18(27)25(2)11-14-6-9-17(28-3)16(21)10-14/h4-10H,11-12,22H2,1-3H3. The summed E-state index contributed by atoms with van der Waals surface area (Å²) in [4.78, 5) is 14.0. The van der Waals surface area contributed by atoms with E-state index in [0.29, 0.717) is 16.5 Å². The summed E-state index contributed by atoms with van der Waals surface area (Å²) in [5, 5.41) is 8.64. The number of carbonyl (C=O) groups is 1. The van der Waals surface area contributed by atoms with Crippen molar-refractivity contribution in [3.63, 3.8) is 0 Å². The van der Waals surface area contributed by atoms with Crippen LogP contribution in [-0.4, -0.2) is 45.6 Å². The highest BCUT2D eigenvalue weighted by molar-refractivity contribution is 7.99. The molecular weight excluding hydrogens is 393 g/mol. The number of amides is 1. The number of carbonyl (C=O) groups excluding carboxylic acids is 1. The first kappa shape index (κ1) is 20.7. The molecule has 0 aliphatic rings. The minimum Gasteiger partial charge on any atom is -0.494 e. The van der Waals surface area contributed by atoms with E-state index in [9.17, 15) is 9.18 Å². The number of hydrogen-bond donors (Lipinski definition) is 1. The van der Waals surface area contributed by atoms with Gasteiger partial charge in [-0.2, -0.15) is 0 Å². The summed E-state index contributed by atoms with van der Waals surface area (Å²) in [5.41, 5.74) is 2.66. The maximum Gasteiger partial charge on any atom is 0.233 e. The van der Waals surface area contributed by atoms with Gasteiger partial charge < -0.3 is 15.5 Å². The molecule has 0 fully saturated rings. The predicted molar refractivity (Wildman–Crippen MR) is 110 cm³/mol. The summed E-state index contributed by atoms with van der Waals surface area (Å²) in [7, 11) is 3.07. The topological polar surface area (TPSA) is 86.3 Å². The van der Waals surface area contributed by atoms with Gasteiger partial charge in [0.2, 0.25) is 11.1 Å². The second kappa shape index (κ2) is 8.95. The molecule has 1 heterocycles. The summed E-state index contributed by atoms with van der Waals surface area (Å²) in [6.07, 6.45) is 0. The molecule has 3 rings (SSSR count). The van der Waals surface area contributed by atoms with Crippen molar-refractivity contribution in [1.82, 2.24) is 19.8 Å². The Morgan fingerprint density at radius 2 is 1.97 bits per heavy atom. The lowest BCUT2D eigenvalue weighted by Gasteiger charge is -2.17. The van der Waals surface area contributed by atoms with Crippen molar-refractivity contribution in [2.45, 2.75) is 18.6 Å². The van der Waals surface area contributed by atoms with Crippen LogP contribution in [0.15, 0.2) is 47.6 Å². The Labute approximate surface area is 172 Å². The summed E-state index contributed by atoms with van der Waals surface area (Å²) >= 11 is 1.20. The van der Waals surface area contributed by atoms with Crippen molar-refractivity contribution in [3.8, 4) is 17.1 Å². The highest BCUT2D eigenvalue weighted by Crippen LogP contribution is 2.23. The highest BCUT2D eigenvalue weighted by Gasteiger charge is 2.16. The molecule has 0 bridgehead atoms. The van der Waals surface area contributed by atoms with Crippen LogP contribution in [0.25, 0.3) is 11.4 Å². The number of rotatable bonds is 7. The lowest BCUT2D eigenvalue weighted by atomic mass is 10.1. The summed E-state index contributed by atoms with van der Waals surface area (Å²) in [5.74, 6) is 6.34. The Bertz CT molecular complexity index is 1010. The molecule has 0 atom stereocenters. The van der Waals surface area contributed by atoms with Crippen molar-refractivity contribution >= 4 is 17.7 Å². The van der Waals surface area contributed by atoms with Crippen LogP contribution in [0, 0.1) is 12.7 Å². The zero-order valence-electron chi connectivity index (χ0n) is 16.4. The van der Waals surface area contributed by atoms with E-state index in [-0.39, 0.29) is 24.0 Å². The number of ether oxygens (including phenoxy) is 1.